The standard InChI is InChI=1S/C16H19N3O2/c1-3-4-5-6-7-14(20)18-13-10-11-17-12-8-9-15(21-2)19-16(12)13/h6-11H,3-5H2,1-2H3,(H,17,18,20). The first-order chi connectivity index (χ1) is 10.2. The highest BCUT2D eigenvalue weighted by Gasteiger charge is 2.07. The van der Waals surface area contributed by atoms with Crippen LogP contribution in [0.15, 0.2) is 36.5 Å². The smallest absolute Gasteiger partial charge is 0.248 e. The van der Waals surface area contributed by atoms with E-state index in [1.165, 1.54) is 0 Å². The summed E-state index contributed by atoms with van der Waals surface area (Å²) in [6.45, 7) is 2.12. The van der Waals surface area contributed by atoms with E-state index in [1.54, 1.807) is 31.5 Å². The van der Waals surface area contributed by atoms with Gasteiger partial charge in [-0.1, -0.05) is 25.8 Å². The Hall–Kier alpha value is -2.43. The van der Waals surface area contributed by atoms with E-state index >= 15 is 0 Å². The van der Waals surface area contributed by atoms with Gasteiger partial charge in [-0.25, -0.2) is 4.98 Å². The number of nitrogens with zero attached hydrogens (tertiary/aromatic N) is 2. The Morgan fingerprint density at radius 2 is 2.24 bits per heavy atom. The Labute approximate surface area is 124 Å². The molecule has 5 nitrogen and oxygen atoms in total. The number of hydrogen-bond donors (Lipinski definition) is 1. The molecule has 110 valence electrons. The molecule has 0 aliphatic heterocycles. The highest BCUT2D eigenvalue weighted by Crippen LogP contribution is 2.22. The average molecular weight is 285 g/mol. The quantitative estimate of drug-likeness (QED) is 0.653. The second-order valence-electron chi connectivity index (χ2n) is 4.61. The number of nitrogens with one attached hydrogen (secondary N) is 1. The summed E-state index contributed by atoms with van der Waals surface area (Å²) >= 11 is 0. The van der Waals surface area contributed by atoms with Crippen LogP contribution in [0.25, 0.3) is 11.0 Å². The third-order valence-electron chi connectivity index (χ3n) is 3.02. The number of allylic oxidation sites excluding steroid dienone is 1. The molecule has 0 fully saturated rings. The van der Waals surface area contributed by atoms with Gasteiger partial charge in [0.2, 0.25) is 11.8 Å². The lowest BCUT2D eigenvalue weighted by Gasteiger charge is -2.07. The van der Waals surface area contributed by atoms with Crippen molar-refractivity contribution in [3.8, 4) is 5.88 Å². The van der Waals surface area contributed by atoms with Gasteiger partial charge in [0.25, 0.3) is 0 Å². The van der Waals surface area contributed by atoms with Crippen LogP contribution >= 0.6 is 0 Å². The lowest BCUT2D eigenvalue weighted by atomic mass is 10.2. The van der Waals surface area contributed by atoms with Crippen molar-refractivity contribution in [3.63, 3.8) is 0 Å². The van der Waals surface area contributed by atoms with Gasteiger partial charge in [0.05, 0.1) is 18.3 Å². The summed E-state index contributed by atoms with van der Waals surface area (Å²) in [4.78, 5) is 20.5. The summed E-state index contributed by atoms with van der Waals surface area (Å²) in [7, 11) is 1.55. The van der Waals surface area contributed by atoms with Crippen LogP contribution in [0.2, 0.25) is 0 Å². The lowest BCUT2D eigenvalue weighted by molar-refractivity contribution is -0.111. The van der Waals surface area contributed by atoms with Gasteiger partial charge in [-0.2, -0.15) is 0 Å². The zero-order valence-corrected chi connectivity index (χ0v) is 12.3. The van der Waals surface area contributed by atoms with Crippen LogP contribution in [-0.2, 0) is 4.79 Å². The van der Waals surface area contributed by atoms with Crippen LogP contribution in [0.5, 0.6) is 5.88 Å². The third kappa shape index (κ3) is 4.02. The van der Waals surface area contributed by atoms with E-state index in [9.17, 15) is 4.79 Å². The summed E-state index contributed by atoms with van der Waals surface area (Å²) in [5, 5.41) is 2.83. The van der Waals surface area contributed by atoms with Crippen molar-refractivity contribution in [2.75, 3.05) is 12.4 Å². The summed E-state index contributed by atoms with van der Waals surface area (Å²) in [6, 6.07) is 5.28. The molecular formula is C16H19N3O2. The fourth-order valence-electron chi connectivity index (χ4n) is 1.91. The molecule has 0 radical (unpaired) electrons. The van der Waals surface area contributed by atoms with Gasteiger partial charge in [-0.15, -0.1) is 0 Å². The fourth-order valence-corrected chi connectivity index (χ4v) is 1.91. The maximum Gasteiger partial charge on any atom is 0.248 e. The minimum absolute atomic E-state index is 0.164. The number of fused-ring (bicyclic) bond motifs is 1. The second kappa shape index (κ2) is 7.38. The summed E-state index contributed by atoms with van der Waals surface area (Å²) in [6.07, 6.45) is 8.20. The number of carbonyl (C=O) groups excluding carboxylic acids is 1. The molecule has 0 saturated carbocycles. The molecule has 0 aliphatic rings. The molecular weight excluding hydrogens is 266 g/mol. The monoisotopic (exact) mass is 285 g/mol. The molecule has 2 heterocycles. The largest absolute Gasteiger partial charge is 0.481 e. The Morgan fingerprint density at radius 3 is 3.00 bits per heavy atom. The van der Waals surface area contributed by atoms with Crippen LogP contribution in [0.1, 0.15) is 26.2 Å². The Bertz CT molecular complexity index is 653. The van der Waals surface area contributed by atoms with Crippen molar-refractivity contribution in [2.45, 2.75) is 26.2 Å². The summed E-state index contributed by atoms with van der Waals surface area (Å²) < 4.78 is 5.11. The molecule has 2 rings (SSSR count). The van der Waals surface area contributed by atoms with Crippen molar-refractivity contribution in [1.82, 2.24) is 9.97 Å². The predicted molar refractivity (Wildman–Crippen MR) is 83.4 cm³/mol. The van der Waals surface area contributed by atoms with E-state index in [4.69, 9.17) is 4.74 Å². The van der Waals surface area contributed by atoms with Gasteiger partial charge in [-0.3, -0.25) is 9.78 Å². The van der Waals surface area contributed by atoms with Crippen LogP contribution in [0, 0.1) is 0 Å². The van der Waals surface area contributed by atoms with Crippen molar-refractivity contribution in [2.24, 2.45) is 0 Å². The summed E-state index contributed by atoms with van der Waals surface area (Å²) in [5.41, 5.74) is 1.96. The molecule has 0 aliphatic carbocycles. The van der Waals surface area contributed by atoms with Gasteiger partial charge in [0, 0.05) is 12.3 Å². The van der Waals surface area contributed by atoms with Gasteiger partial charge in [0.15, 0.2) is 0 Å². The minimum Gasteiger partial charge on any atom is -0.481 e. The van der Waals surface area contributed by atoms with E-state index in [0.29, 0.717) is 22.6 Å². The molecule has 21 heavy (non-hydrogen) atoms. The number of pyridine rings is 2. The van der Waals surface area contributed by atoms with Gasteiger partial charge in [-0.05, 0) is 24.6 Å². The van der Waals surface area contributed by atoms with Crippen molar-refractivity contribution in [3.05, 3.63) is 36.5 Å². The molecule has 0 spiro atoms. The second-order valence-corrected chi connectivity index (χ2v) is 4.61. The van der Waals surface area contributed by atoms with Crippen molar-refractivity contribution < 1.29 is 9.53 Å². The van der Waals surface area contributed by atoms with Gasteiger partial charge < -0.3 is 10.1 Å². The average Bonchev–Trinajstić information content (AvgIpc) is 2.51. The van der Waals surface area contributed by atoms with Crippen molar-refractivity contribution >= 4 is 22.6 Å². The highest BCUT2D eigenvalue weighted by molar-refractivity contribution is 6.04. The molecule has 1 N–H and O–H groups in total. The lowest BCUT2D eigenvalue weighted by Crippen LogP contribution is -2.09. The molecule has 0 saturated heterocycles. The number of aromatic nitrogens is 2. The highest BCUT2D eigenvalue weighted by atomic mass is 16.5. The number of anilines is 1. The molecule has 0 aromatic carbocycles. The Balaban J connectivity index is 2.17. The summed E-state index contributed by atoms with van der Waals surface area (Å²) in [5.74, 6) is 0.327. The number of methoxy groups -OCH3 is 1. The number of ether oxygens (including phenoxy) is 1. The number of amides is 1. The number of carbonyl (C=O) groups is 1. The first kappa shape index (κ1) is 15.0. The number of hydrogen-bond acceptors (Lipinski definition) is 4. The Kier molecular flexibility index (Phi) is 5.26. The third-order valence-corrected chi connectivity index (χ3v) is 3.02. The molecule has 0 bridgehead atoms. The van der Waals surface area contributed by atoms with E-state index in [0.717, 1.165) is 19.3 Å². The molecule has 2 aromatic rings. The zero-order valence-electron chi connectivity index (χ0n) is 12.3. The minimum atomic E-state index is -0.164. The van der Waals surface area contributed by atoms with Crippen molar-refractivity contribution in [1.29, 1.82) is 0 Å². The molecule has 2 aromatic heterocycles. The normalized spacial score (nSPS) is 11.0. The molecule has 0 unspecified atom stereocenters. The van der Waals surface area contributed by atoms with Crippen LogP contribution < -0.4 is 10.1 Å². The van der Waals surface area contributed by atoms with Crippen LogP contribution in [0.4, 0.5) is 5.69 Å². The van der Waals surface area contributed by atoms with Gasteiger partial charge >= 0.3 is 0 Å². The van der Waals surface area contributed by atoms with E-state index in [-0.39, 0.29) is 5.91 Å². The molecule has 0 atom stereocenters. The molecule has 1 amide bonds. The van der Waals surface area contributed by atoms with Crippen LogP contribution in [0.3, 0.4) is 0 Å². The first-order valence-electron chi connectivity index (χ1n) is 7.02. The maximum atomic E-state index is 11.9. The number of rotatable bonds is 6. The van der Waals surface area contributed by atoms with E-state index < -0.39 is 0 Å². The van der Waals surface area contributed by atoms with E-state index in [2.05, 4.69) is 22.2 Å². The topological polar surface area (TPSA) is 64.1 Å². The SMILES string of the molecule is CCCCC=CC(=O)Nc1ccnc2ccc(OC)nc12. The van der Waals surface area contributed by atoms with Crippen LogP contribution in [-0.4, -0.2) is 23.0 Å². The van der Waals surface area contributed by atoms with E-state index in [1.807, 2.05) is 12.1 Å². The first-order valence-corrected chi connectivity index (χ1v) is 7.02. The number of unbranched alkanes of at least 4 members (excludes halogenated alkanes) is 2. The fraction of sp³-hybridized carbons (Fsp3) is 0.312. The maximum absolute atomic E-state index is 11.9. The Morgan fingerprint density at radius 1 is 1.38 bits per heavy atom. The zero-order chi connectivity index (χ0) is 15.1. The predicted octanol–water partition coefficient (Wildman–Crippen LogP) is 3.32. The molecule has 5 heteroatoms. The van der Waals surface area contributed by atoms with Gasteiger partial charge in [0.1, 0.15) is 5.52 Å².